The third-order valence-corrected chi connectivity index (χ3v) is 6.65. The molecule has 0 unspecified atom stereocenters. The maximum Gasteiger partial charge on any atom is 0.267 e. The minimum Gasteiger partial charge on any atom is -0.368 e. The summed E-state index contributed by atoms with van der Waals surface area (Å²) in [6.45, 7) is 2.48. The topological polar surface area (TPSA) is 101 Å². The molecule has 0 bridgehead atoms. The van der Waals surface area contributed by atoms with Crippen LogP contribution in [0.2, 0.25) is 0 Å². The molecule has 154 valence electrons. The summed E-state index contributed by atoms with van der Waals surface area (Å²) in [7, 11) is 0. The first kappa shape index (κ1) is 20.2. The first-order chi connectivity index (χ1) is 14.5. The summed E-state index contributed by atoms with van der Waals surface area (Å²) >= 11 is 3.31. The van der Waals surface area contributed by atoms with Crippen molar-refractivity contribution in [2.45, 2.75) is 25.8 Å². The first-order valence-corrected chi connectivity index (χ1v) is 11.2. The van der Waals surface area contributed by atoms with Crippen LogP contribution >= 0.6 is 22.7 Å². The van der Waals surface area contributed by atoms with Gasteiger partial charge in [0.05, 0.1) is 21.3 Å². The van der Waals surface area contributed by atoms with E-state index in [1.807, 2.05) is 37.3 Å². The van der Waals surface area contributed by atoms with E-state index >= 15 is 0 Å². The van der Waals surface area contributed by atoms with Gasteiger partial charge in [0.15, 0.2) is 0 Å². The highest BCUT2D eigenvalue weighted by Crippen LogP contribution is 2.29. The minimum absolute atomic E-state index is 0.197. The molecule has 1 aliphatic heterocycles. The number of benzene rings is 1. The van der Waals surface area contributed by atoms with E-state index in [-0.39, 0.29) is 12.3 Å². The van der Waals surface area contributed by atoms with Crippen molar-refractivity contribution in [1.29, 1.82) is 0 Å². The normalized spacial score (nSPS) is 15.8. The number of hydrazone groups is 1. The fourth-order valence-corrected chi connectivity index (χ4v) is 4.87. The molecule has 0 aliphatic carbocycles. The van der Waals surface area contributed by atoms with Crippen molar-refractivity contribution in [2.75, 3.05) is 11.6 Å². The Hall–Kier alpha value is -3.04. The van der Waals surface area contributed by atoms with Crippen LogP contribution in [0, 0.1) is 6.92 Å². The van der Waals surface area contributed by atoms with Crippen LogP contribution in [0.3, 0.4) is 0 Å². The lowest BCUT2D eigenvalue weighted by atomic mass is 10.1. The number of para-hydroxylation sites is 1. The number of aromatic nitrogens is 1. The molecule has 7 nitrogen and oxygen atoms in total. The van der Waals surface area contributed by atoms with Gasteiger partial charge in [-0.15, -0.1) is 22.7 Å². The molecule has 2 amide bonds. The molecule has 0 radical (unpaired) electrons. The van der Waals surface area contributed by atoms with Gasteiger partial charge in [-0.3, -0.25) is 14.6 Å². The number of carbonyl (C=O) groups excluding carboxylic acids is 2. The molecule has 1 atom stereocenters. The lowest BCUT2D eigenvalue weighted by molar-refractivity contribution is -0.119. The number of thiazole rings is 1. The number of primary amides is 1. The molecular weight excluding hydrogens is 418 g/mol. The second-order valence-corrected chi connectivity index (χ2v) is 9.10. The molecule has 3 heterocycles. The quantitative estimate of drug-likeness (QED) is 0.591. The average Bonchev–Trinajstić information content (AvgIpc) is 3.47. The molecule has 4 rings (SSSR count). The van der Waals surface area contributed by atoms with Crippen LogP contribution < -0.4 is 16.1 Å². The van der Waals surface area contributed by atoms with Crippen molar-refractivity contribution in [3.8, 4) is 10.6 Å². The monoisotopic (exact) mass is 439 g/mol. The molecule has 30 heavy (non-hydrogen) atoms. The standard InChI is InChI=1S/C21H21N5O2S2/c1-13-24-17(12-29-13)19-8-7-15(30-19)9-10-23-21(28)16-11-18(20(22)27)26(25-16)14-5-3-2-4-6-14/h2-8,12,18H,9-11H2,1H3,(H2,22,27)(H,23,28)/t18-/m0/s1. The molecular formula is C21H21N5O2S2. The zero-order valence-electron chi connectivity index (χ0n) is 16.4. The molecule has 1 aliphatic rings. The largest absolute Gasteiger partial charge is 0.368 e. The van der Waals surface area contributed by atoms with Gasteiger partial charge in [0.25, 0.3) is 5.91 Å². The van der Waals surface area contributed by atoms with Gasteiger partial charge in [-0.05, 0) is 37.6 Å². The van der Waals surface area contributed by atoms with E-state index < -0.39 is 11.9 Å². The van der Waals surface area contributed by atoms with Gasteiger partial charge in [-0.2, -0.15) is 5.10 Å². The molecule has 1 aromatic carbocycles. The predicted octanol–water partition coefficient (Wildman–Crippen LogP) is 2.96. The number of anilines is 1. The fourth-order valence-electron chi connectivity index (χ4n) is 3.22. The number of thiophene rings is 1. The van der Waals surface area contributed by atoms with Crippen LogP contribution in [-0.2, 0) is 16.0 Å². The van der Waals surface area contributed by atoms with Gasteiger partial charge in [-0.25, -0.2) is 4.98 Å². The number of rotatable bonds is 7. The number of nitrogens with zero attached hydrogens (tertiary/aromatic N) is 3. The zero-order valence-corrected chi connectivity index (χ0v) is 18.0. The number of hydrogen-bond donors (Lipinski definition) is 2. The number of carbonyl (C=O) groups is 2. The highest BCUT2D eigenvalue weighted by atomic mass is 32.1. The lowest BCUT2D eigenvalue weighted by Crippen LogP contribution is -2.40. The van der Waals surface area contributed by atoms with Gasteiger partial charge in [-0.1, -0.05) is 18.2 Å². The highest BCUT2D eigenvalue weighted by molar-refractivity contribution is 7.16. The number of amides is 2. The van der Waals surface area contributed by atoms with Crippen molar-refractivity contribution < 1.29 is 9.59 Å². The van der Waals surface area contributed by atoms with E-state index in [0.717, 1.165) is 21.3 Å². The number of hydrogen-bond acceptors (Lipinski definition) is 7. The Bertz CT molecular complexity index is 1090. The zero-order chi connectivity index (χ0) is 21.1. The van der Waals surface area contributed by atoms with Gasteiger partial charge in [0.1, 0.15) is 11.8 Å². The summed E-state index contributed by atoms with van der Waals surface area (Å²) in [5.74, 6) is -0.777. The van der Waals surface area contributed by atoms with Crippen LogP contribution in [0.5, 0.6) is 0 Å². The summed E-state index contributed by atoms with van der Waals surface area (Å²) in [5.41, 5.74) is 7.57. The summed E-state index contributed by atoms with van der Waals surface area (Å²) in [6.07, 6.45) is 0.914. The van der Waals surface area contributed by atoms with Gasteiger partial charge in [0.2, 0.25) is 5.91 Å². The van der Waals surface area contributed by atoms with E-state index in [2.05, 4.69) is 32.9 Å². The van der Waals surface area contributed by atoms with Crippen LogP contribution in [0.15, 0.2) is 52.9 Å². The van der Waals surface area contributed by atoms with Crippen molar-refractivity contribution in [3.63, 3.8) is 0 Å². The smallest absolute Gasteiger partial charge is 0.267 e. The van der Waals surface area contributed by atoms with Crippen LogP contribution in [-0.4, -0.2) is 35.1 Å². The van der Waals surface area contributed by atoms with Crippen molar-refractivity contribution >= 4 is 45.9 Å². The Labute approximate surface area is 182 Å². The number of aryl methyl sites for hydroxylation is 1. The molecule has 0 fully saturated rings. The Morgan fingerprint density at radius 3 is 2.73 bits per heavy atom. The van der Waals surface area contributed by atoms with E-state index in [0.29, 0.717) is 18.7 Å². The predicted molar refractivity (Wildman–Crippen MR) is 121 cm³/mol. The SMILES string of the molecule is Cc1nc(-c2ccc(CCNC(=O)C3=NN(c4ccccc4)[C@H](C(N)=O)C3)s2)cs1. The first-order valence-electron chi connectivity index (χ1n) is 9.52. The molecule has 0 saturated heterocycles. The third-order valence-electron chi connectivity index (χ3n) is 4.71. The molecule has 9 heteroatoms. The van der Waals surface area contributed by atoms with Crippen molar-refractivity contribution in [3.05, 3.63) is 57.7 Å². The Morgan fingerprint density at radius 1 is 1.23 bits per heavy atom. The second-order valence-electron chi connectivity index (χ2n) is 6.87. The average molecular weight is 440 g/mol. The maximum absolute atomic E-state index is 12.6. The second kappa shape index (κ2) is 8.76. The van der Waals surface area contributed by atoms with Crippen LogP contribution in [0.4, 0.5) is 5.69 Å². The maximum atomic E-state index is 12.6. The van der Waals surface area contributed by atoms with E-state index in [1.165, 1.54) is 9.89 Å². The van der Waals surface area contributed by atoms with Crippen LogP contribution in [0.25, 0.3) is 10.6 Å². The Balaban J connectivity index is 1.36. The molecule has 0 spiro atoms. The molecule has 3 aromatic rings. The summed E-state index contributed by atoms with van der Waals surface area (Å²) in [4.78, 5) is 31.2. The number of nitrogens with one attached hydrogen (secondary N) is 1. The highest BCUT2D eigenvalue weighted by Gasteiger charge is 2.34. The summed E-state index contributed by atoms with van der Waals surface area (Å²) < 4.78 is 0. The van der Waals surface area contributed by atoms with Crippen molar-refractivity contribution in [2.24, 2.45) is 10.8 Å². The van der Waals surface area contributed by atoms with E-state index in [1.54, 1.807) is 22.7 Å². The minimum atomic E-state index is -0.658. The molecule has 0 saturated carbocycles. The Kier molecular flexibility index (Phi) is 5.91. The number of nitrogens with two attached hydrogens (primary N) is 1. The van der Waals surface area contributed by atoms with Gasteiger partial charge < -0.3 is 11.1 Å². The lowest BCUT2D eigenvalue weighted by Gasteiger charge is -2.20. The summed E-state index contributed by atoms with van der Waals surface area (Å²) in [6, 6.07) is 12.7. The molecule has 2 aromatic heterocycles. The van der Waals surface area contributed by atoms with E-state index in [4.69, 9.17) is 5.73 Å². The van der Waals surface area contributed by atoms with Crippen molar-refractivity contribution in [1.82, 2.24) is 10.3 Å². The Morgan fingerprint density at radius 2 is 2.03 bits per heavy atom. The molecule has 3 N–H and O–H groups in total. The van der Waals surface area contributed by atoms with Crippen LogP contribution in [0.1, 0.15) is 16.3 Å². The third kappa shape index (κ3) is 4.42. The van der Waals surface area contributed by atoms with Gasteiger partial charge in [0, 0.05) is 23.2 Å². The summed E-state index contributed by atoms with van der Waals surface area (Å²) in [5, 5.41) is 11.9. The van der Waals surface area contributed by atoms with Gasteiger partial charge >= 0.3 is 0 Å². The van der Waals surface area contributed by atoms with E-state index in [9.17, 15) is 9.59 Å². The fraction of sp³-hybridized carbons (Fsp3) is 0.238.